The molecule has 0 aromatic heterocycles. The molecule has 0 aromatic rings. The van der Waals surface area contributed by atoms with Gasteiger partial charge in [0.25, 0.3) is 0 Å². The Morgan fingerprint density at radius 1 is 0.520 bits per heavy atom. The third-order valence-electron chi connectivity index (χ3n) is 5.57. The normalized spacial score (nSPS) is 17.0. The first-order valence-electron chi connectivity index (χ1n) is 11.5. The summed E-state index contributed by atoms with van der Waals surface area (Å²) in [6, 6.07) is 0. The molecule has 0 saturated carbocycles. The van der Waals surface area contributed by atoms with Gasteiger partial charge in [0, 0.05) is 25.5 Å². The fourth-order valence-electron chi connectivity index (χ4n) is 3.86. The molecule has 1 unspecified atom stereocenters. The fourth-order valence-corrected chi connectivity index (χ4v) is 3.86. The highest BCUT2D eigenvalue weighted by Crippen LogP contribution is 2.23. The zero-order valence-corrected chi connectivity index (χ0v) is 17.6. The van der Waals surface area contributed by atoms with Crippen molar-refractivity contribution in [3.05, 3.63) is 12.4 Å². The molecule has 0 saturated heterocycles. The third-order valence-corrected chi connectivity index (χ3v) is 5.57. The average molecular weight is 351 g/mol. The van der Waals surface area contributed by atoms with Crippen LogP contribution in [0.4, 0.5) is 0 Å². The van der Waals surface area contributed by atoms with Gasteiger partial charge in [-0.05, 0) is 25.7 Å². The van der Waals surface area contributed by atoms with E-state index in [2.05, 4.69) is 43.0 Å². The zero-order chi connectivity index (χ0) is 18.2. The van der Waals surface area contributed by atoms with E-state index in [1.165, 1.54) is 109 Å². The Labute approximate surface area is 159 Å². The van der Waals surface area contributed by atoms with Crippen LogP contribution in [0.2, 0.25) is 0 Å². The van der Waals surface area contributed by atoms with Crippen LogP contribution in [-0.4, -0.2) is 29.1 Å². The largest absolute Gasteiger partial charge is 0.356 e. The minimum absolute atomic E-state index is 0.647. The summed E-state index contributed by atoms with van der Waals surface area (Å²) in [4.78, 5) is 5.26. The quantitative estimate of drug-likeness (QED) is 0.254. The summed E-state index contributed by atoms with van der Waals surface area (Å²) in [6.45, 7) is 9.40. The van der Waals surface area contributed by atoms with Gasteiger partial charge in [0.15, 0.2) is 0 Å². The van der Waals surface area contributed by atoms with Gasteiger partial charge in [-0.25, -0.2) is 0 Å². The van der Waals surface area contributed by atoms with Crippen molar-refractivity contribution in [3.8, 4) is 0 Å². The van der Waals surface area contributed by atoms with Gasteiger partial charge in [-0.3, -0.25) is 0 Å². The number of unbranched alkanes of at least 4 members (excludes halogenated alkanes) is 11. The summed E-state index contributed by atoms with van der Waals surface area (Å²) in [5.41, 5.74) is 0. The van der Waals surface area contributed by atoms with Crippen molar-refractivity contribution in [1.82, 2.24) is 9.80 Å². The van der Waals surface area contributed by atoms with Crippen LogP contribution in [0.15, 0.2) is 12.4 Å². The van der Waals surface area contributed by atoms with E-state index in [0.29, 0.717) is 6.17 Å². The molecular formula is C23H46N2. The van der Waals surface area contributed by atoms with E-state index < -0.39 is 0 Å². The number of nitrogens with zero attached hydrogens (tertiary/aromatic N) is 2. The summed E-state index contributed by atoms with van der Waals surface area (Å²) in [5.74, 6) is 0. The van der Waals surface area contributed by atoms with Crippen molar-refractivity contribution >= 4 is 0 Å². The summed E-state index contributed by atoms with van der Waals surface area (Å²) < 4.78 is 0. The summed E-state index contributed by atoms with van der Waals surface area (Å²) >= 11 is 0. The first-order chi connectivity index (χ1) is 12.3. The minimum atomic E-state index is 0.647. The van der Waals surface area contributed by atoms with E-state index in [1.54, 1.807) is 0 Å². The summed E-state index contributed by atoms with van der Waals surface area (Å²) in [7, 11) is 0. The van der Waals surface area contributed by atoms with Crippen LogP contribution in [0, 0.1) is 0 Å². The highest BCUT2D eigenvalue weighted by atomic mass is 15.4. The highest BCUT2D eigenvalue weighted by Gasteiger charge is 2.24. The molecule has 148 valence electrons. The molecule has 2 heteroatoms. The van der Waals surface area contributed by atoms with Gasteiger partial charge < -0.3 is 9.80 Å². The molecule has 0 fully saturated rings. The van der Waals surface area contributed by atoms with Crippen LogP contribution in [0.25, 0.3) is 0 Å². The van der Waals surface area contributed by atoms with Crippen molar-refractivity contribution in [1.29, 1.82) is 0 Å². The molecule has 0 aromatic carbocycles. The Bertz CT molecular complexity index is 313. The van der Waals surface area contributed by atoms with Crippen LogP contribution < -0.4 is 0 Å². The van der Waals surface area contributed by atoms with E-state index in [4.69, 9.17) is 0 Å². The lowest BCUT2D eigenvalue weighted by Crippen LogP contribution is -2.39. The van der Waals surface area contributed by atoms with E-state index in [9.17, 15) is 0 Å². The van der Waals surface area contributed by atoms with E-state index >= 15 is 0 Å². The fraction of sp³-hybridized carbons (Fsp3) is 0.913. The SMILES string of the molecule is CCCCCCCCCN1C=CN(CCCC)C1CCCCCCC. The molecule has 25 heavy (non-hydrogen) atoms. The molecule has 0 spiro atoms. The monoisotopic (exact) mass is 350 g/mol. The van der Waals surface area contributed by atoms with Crippen LogP contribution in [-0.2, 0) is 0 Å². The summed E-state index contributed by atoms with van der Waals surface area (Å²) in [5, 5.41) is 0. The van der Waals surface area contributed by atoms with Gasteiger partial charge in [0.1, 0.15) is 6.17 Å². The van der Waals surface area contributed by atoms with Gasteiger partial charge >= 0.3 is 0 Å². The van der Waals surface area contributed by atoms with E-state index in [-0.39, 0.29) is 0 Å². The number of hydrogen-bond donors (Lipinski definition) is 0. The Balaban J connectivity index is 2.26. The van der Waals surface area contributed by atoms with Crippen LogP contribution in [0.1, 0.15) is 117 Å². The van der Waals surface area contributed by atoms with Crippen molar-refractivity contribution in [3.63, 3.8) is 0 Å². The Kier molecular flexibility index (Phi) is 14.0. The molecule has 1 aliphatic rings. The molecule has 0 radical (unpaired) electrons. The number of hydrogen-bond acceptors (Lipinski definition) is 2. The first-order valence-corrected chi connectivity index (χ1v) is 11.5. The van der Waals surface area contributed by atoms with Gasteiger partial charge in [-0.2, -0.15) is 0 Å². The maximum atomic E-state index is 2.64. The highest BCUT2D eigenvalue weighted by molar-refractivity contribution is 4.96. The van der Waals surface area contributed by atoms with E-state index in [0.717, 1.165) is 0 Å². The van der Waals surface area contributed by atoms with Gasteiger partial charge in [0.05, 0.1) is 0 Å². The molecule has 0 bridgehead atoms. The predicted molar refractivity (Wildman–Crippen MR) is 113 cm³/mol. The molecule has 2 nitrogen and oxygen atoms in total. The van der Waals surface area contributed by atoms with Crippen molar-refractivity contribution in [2.75, 3.05) is 13.1 Å². The lowest BCUT2D eigenvalue weighted by Gasteiger charge is -2.33. The lowest BCUT2D eigenvalue weighted by atomic mass is 10.1. The predicted octanol–water partition coefficient (Wildman–Crippen LogP) is 7.31. The second-order valence-corrected chi connectivity index (χ2v) is 7.93. The van der Waals surface area contributed by atoms with Gasteiger partial charge in [-0.1, -0.05) is 91.4 Å². The van der Waals surface area contributed by atoms with Crippen LogP contribution >= 0.6 is 0 Å². The molecule has 0 amide bonds. The second kappa shape index (κ2) is 15.6. The van der Waals surface area contributed by atoms with Crippen LogP contribution in [0.5, 0.6) is 0 Å². The van der Waals surface area contributed by atoms with Gasteiger partial charge in [-0.15, -0.1) is 0 Å². The molecule has 1 rings (SSSR count). The minimum Gasteiger partial charge on any atom is -0.356 e. The molecule has 1 atom stereocenters. The third kappa shape index (κ3) is 10.2. The topological polar surface area (TPSA) is 6.48 Å². The van der Waals surface area contributed by atoms with Crippen molar-refractivity contribution < 1.29 is 0 Å². The number of rotatable bonds is 17. The lowest BCUT2D eigenvalue weighted by molar-refractivity contribution is 0.136. The van der Waals surface area contributed by atoms with E-state index in [1.807, 2.05) is 0 Å². The first kappa shape index (κ1) is 22.4. The second-order valence-electron chi connectivity index (χ2n) is 7.93. The maximum absolute atomic E-state index is 2.64. The molecular weight excluding hydrogens is 304 g/mol. The smallest absolute Gasteiger partial charge is 0.101 e. The zero-order valence-electron chi connectivity index (χ0n) is 17.6. The average Bonchev–Trinajstić information content (AvgIpc) is 3.01. The molecule has 1 heterocycles. The molecule has 0 aliphatic carbocycles. The molecule has 0 N–H and O–H groups in total. The van der Waals surface area contributed by atoms with Gasteiger partial charge in [0.2, 0.25) is 0 Å². The Morgan fingerprint density at radius 2 is 0.960 bits per heavy atom. The molecule has 1 aliphatic heterocycles. The summed E-state index contributed by atoms with van der Waals surface area (Å²) in [6.07, 6.45) is 26.2. The maximum Gasteiger partial charge on any atom is 0.101 e. The van der Waals surface area contributed by atoms with Crippen molar-refractivity contribution in [2.24, 2.45) is 0 Å². The standard InChI is InChI=1S/C23H46N2/c1-4-7-10-12-13-15-17-20-25-22-21-24(19-9-6-3)23(25)18-16-14-11-8-5-2/h21-23H,4-20H2,1-3H3. The Hall–Kier alpha value is -0.660. The van der Waals surface area contributed by atoms with Crippen LogP contribution in [0.3, 0.4) is 0 Å². The van der Waals surface area contributed by atoms with Crippen molar-refractivity contribution in [2.45, 2.75) is 123 Å². The Morgan fingerprint density at radius 3 is 1.52 bits per heavy atom.